The third kappa shape index (κ3) is 4.37. The molecule has 0 spiro atoms. The second kappa shape index (κ2) is 7.94. The lowest BCUT2D eigenvalue weighted by molar-refractivity contribution is -0.115. The Hall–Kier alpha value is -2.64. The van der Waals surface area contributed by atoms with Gasteiger partial charge < -0.3 is 10.3 Å². The normalized spacial score (nSPS) is 11.0. The minimum Gasteiger partial charge on any atom is -0.361 e. The first-order chi connectivity index (χ1) is 13.2. The third-order valence-electron chi connectivity index (χ3n) is 4.16. The van der Waals surface area contributed by atoms with Gasteiger partial charge in [-0.3, -0.25) is 4.79 Å². The van der Waals surface area contributed by atoms with Crippen LogP contribution in [0.5, 0.6) is 0 Å². The maximum absolute atomic E-state index is 12.4. The SMILES string of the molecule is Cc1ccc(CSc2nnc(NC(=O)Cc3c[nH]c4ccccc34)s2)cc1. The Bertz CT molecular complexity index is 1070. The number of para-hydroxylation sites is 1. The molecule has 4 rings (SSSR count). The molecule has 2 heterocycles. The van der Waals surface area contributed by atoms with E-state index in [-0.39, 0.29) is 5.91 Å². The number of amides is 1. The molecule has 4 aromatic rings. The second-order valence-corrected chi connectivity index (χ2v) is 8.43. The molecule has 0 saturated carbocycles. The molecule has 136 valence electrons. The van der Waals surface area contributed by atoms with Crippen molar-refractivity contribution in [2.75, 3.05) is 5.32 Å². The first kappa shape index (κ1) is 17.8. The van der Waals surface area contributed by atoms with E-state index in [0.717, 1.165) is 26.6 Å². The summed E-state index contributed by atoms with van der Waals surface area (Å²) in [5.41, 5.74) is 4.50. The molecule has 0 saturated heterocycles. The standard InChI is InChI=1S/C20H18N4OS2/c1-13-6-8-14(9-7-13)12-26-20-24-23-19(27-20)22-18(25)10-15-11-21-17-5-3-2-4-16(15)17/h2-9,11,21H,10,12H2,1H3,(H,22,23,25). The van der Waals surface area contributed by atoms with E-state index in [1.165, 1.54) is 22.5 Å². The van der Waals surface area contributed by atoms with Gasteiger partial charge in [0.25, 0.3) is 0 Å². The smallest absolute Gasteiger partial charge is 0.230 e. The lowest BCUT2D eigenvalue weighted by atomic mass is 10.1. The number of anilines is 1. The number of carbonyl (C=O) groups excluding carboxylic acids is 1. The Balaban J connectivity index is 1.34. The summed E-state index contributed by atoms with van der Waals surface area (Å²) in [4.78, 5) is 15.5. The van der Waals surface area contributed by atoms with Gasteiger partial charge in [-0.15, -0.1) is 10.2 Å². The van der Waals surface area contributed by atoms with E-state index in [2.05, 4.69) is 51.7 Å². The zero-order chi connectivity index (χ0) is 18.6. The predicted molar refractivity (Wildman–Crippen MR) is 111 cm³/mol. The average molecular weight is 395 g/mol. The van der Waals surface area contributed by atoms with E-state index in [1.54, 1.807) is 11.8 Å². The fraction of sp³-hybridized carbons (Fsp3) is 0.150. The summed E-state index contributed by atoms with van der Waals surface area (Å²) in [5.74, 6) is 0.740. The van der Waals surface area contributed by atoms with Crippen LogP contribution in [0.3, 0.4) is 0 Å². The number of benzene rings is 2. The van der Waals surface area contributed by atoms with Gasteiger partial charge in [0.1, 0.15) is 0 Å². The molecular formula is C20H18N4OS2. The van der Waals surface area contributed by atoms with Crippen molar-refractivity contribution in [3.8, 4) is 0 Å². The van der Waals surface area contributed by atoms with Crippen molar-refractivity contribution in [2.24, 2.45) is 0 Å². The van der Waals surface area contributed by atoms with Crippen molar-refractivity contribution in [3.63, 3.8) is 0 Å². The Morgan fingerprint density at radius 1 is 1.15 bits per heavy atom. The number of fused-ring (bicyclic) bond motifs is 1. The van der Waals surface area contributed by atoms with E-state index in [9.17, 15) is 4.79 Å². The number of hydrogen-bond donors (Lipinski definition) is 2. The molecule has 2 N–H and O–H groups in total. The molecule has 27 heavy (non-hydrogen) atoms. The Morgan fingerprint density at radius 3 is 2.81 bits per heavy atom. The third-order valence-corrected chi connectivity index (χ3v) is 6.20. The van der Waals surface area contributed by atoms with Gasteiger partial charge in [0, 0.05) is 22.9 Å². The number of hydrogen-bond acceptors (Lipinski definition) is 5. The summed E-state index contributed by atoms with van der Waals surface area (Å²) >= 11 is 3.02. The number of aryl methyl sites for hydroxylation is 1. The van der Waals surface area contributed by atoms with Crippen molar-refractivity contribution in [1.82, 2.24) is 15.2 Å². The van der Waals surface area contributed by atoms with Crippen LogP contribution >= 0.6 is 23.1 Å². The van der Waals surface area contributed by atoms with Gasteiger partial charge in [-0.05, 0) is 24.1 Å². The molecule has 0 aliphatic rings. The van der Waals surface area contributed by atoms with Crippen molar-refractivity contribution >= 4 is 45.0 Å². The van der Waals surface area contributed by atoms with E-state index >= 15 is 0 Å². The minimum atomic E-state index is -0.0917. The van der Waals surface area contributed by atoms with Gasteiger partial charge in [0.15, 0.2) is 4.34 Å². The lowest BCUT2D eigenvalue weighted by Crippen LogP contribution is -2.14. The molecule has 0 unspecified atom stereocenters. The van der Waals surface area contributed by atoms with Crippen LogP contribution in [-0.2, 0) is 17.0 Å². The fourth-order valence-corrected chi connectivity index (χ4v) is 4.49. The van der Waals surface area contributed by atoms with Crippen LogP contribution in [-0.4, -0.2) is 21.1 Å². The van der Waals surface area contributed by atoms with Crippen LogP contribution in [0.1, 0.15) is 16.7 Å². The number of nitrogens with one attached hydrogen (secondary N) is 2. The number of thioether (sulfide) groups is 1. The molecule has 2 aromatic heterocycles. The van der Waals surface area contributed by atoms with Gasteiger partial charge in [-0.1, -0.05) is 71.1 Å². The maximum Gasteiger partial charge on any atom is 0.230 e. The van der Waals surface area contributed by atoms with E-state index in [0.29, 0.717) is 11.6 Å². The average Bonchev–Trinajstić information content (AvgIpc) is 3.29. The first-order valence-electron chi connectivity index (χ1n) is 8.54. The lowest BCUT2D eigenvalue weighted by Gasteiger charge is -2.00. The molecule has 5 nitrogen and oxygen atoms in total. The van der Waals surface area contributed by atoms with Crippen molar-refractivity contribution in [3.05, 3.63) is 71.4 Å². The first-order valence-corrected chi connectivity index (χ1v) is 10.3. The van der Waals surface area contributed by atoms with Gasteiger partial charge in [0.2, 0.25) is 11.0 Å². The molecule has 1 amide bonds. The highest BCUT2D eigenvalue weighted by atomic mass is 32.2. The predicted octanol–water partition coefficient (Wildman–Crippen LogP) is 4.80. The molecule has 0 bridgehead atoms. The second-order valence-electron chi connectivity index (χ2n) is 6.23. The fourth-order valence-electron chi connectivity index (χ4n) is 2.76. The maximum atomic E-state index is 12.4. The molecule has 0 radical (unpaired) electrons. The van der Waals surface area contributed by atoms with Crippen LogP contribution in [0.15, 0.2) is 59.1 Å². The summed E-state index contributed by atoms with van der Waals surface area (Å²) in [5, 5.41) is 12.7. The largest absolute Gasteiger partial charge is 0.361 e. The number of aromatic nitrogens is 3. The highest BCUT2D eigenvalue weighted by Gasteiger charge is 2.12. The summed E-state index contributed by atoms with van der Waals surface area (Å²) in [6.45, 7) is 2.08. The number of rotatable bonds is 6. The molecule has 0 aliphatic carbocycles. The molecule has 0 aliphatic heterocycles. The van der Waals surface area contributed by atoms with E-state index < -0.39 is 0 Å². The number of nitrogens with zero attached hydrogens (tertiary/aromatic N) is 2. The van der Waals surface area contributed by atoms with Gasteiger partial charge in [-0.2, -0.15) is 0 Å². The van der Waals surface area contributed by atoms with Crippen molar-refractivity contribution in [1.29, 1.82) is 0 Å². The Labute approximate surface area is 165 Å². The summed E-state index contributed by atoms with van der Waals surface area (Å²) in [6, 6.07) is 16.4. The number of H-pyrrole nitrogens is 1. The minimum absolute atomic E-state index is 0.0917. The van der Waals surface area contributed by atoms with Gasteiger partial charge in [-0.25, -0.2) is 0 Å². The summed E-state index contributed by atoms with van der Waals surface area (Å²) in [7, 11) is 0. The van der Waals surface area contributed by atoms with Crippen molar-refractivity contribution < 1.29 is 4.79 Å². The topological polar surface area (TPSA) is 70.7 Å². The molecule has 0 atom stereocenters. The summed E-state index contributed by atoms with van der Waals surface area (Å²) < 4.78 is 0.845. The highest BCUT2D eigenvalue weighted by molar-refractivity contribution is 8.00. The quantitative estimate of drug-likeness (QED) is 0.364. The monoisotopic (exact) mass is 394 g/mol. The molecule has 0 fully saturated rings. The molecule has 2 aromatic carbocycles. The van der Waals surface area contributed by atoms with E-state index in [1.807, 2.05) is 30.5 Å². The van der Waals surface area contributed by atoms with Crippen molar-refractivity contribution in [2.45, 2.75) is 23.4 Å². The Morgan fingerprint density at radius 2 is 1.96 bits per heavy atom. The highest BCUT2D eigenvalue weighted by Crippen LogP contribution is 2.28. The molecule has 7 heteroatoms. The Kier molecular flexibility index (Phi) is 5.22. The zero-order valence-corrected chi connectivity index (χ0v) is 16.4. The number of carbonyl (C=O) groups is 1. The van der Waals surface area contributed by atoms with Crippen LogP contribution in [0, 0.1) is 6.92 Å². The number of aromatic amines is 1. The summed E-state index contributed by atoms with van der Waals surface area (Å²) in [6.07, 6.45) is 2.18. The zero-order valence-electron chi connectivity index (χ0n) is 14.7. The van der Waals surface area contributed by atoms with E-state index in [4.69, 9.17) is 0 Å². The van der Waals surface area contributed by atoms with Crippen LogP contribution in [0.2, 0.25) is 0 Å². The van der Waals surface area contributed by atoms with Gasteiger partial charge >= 0.3 is 0 Å². The van der Waals surface area contributed by atoms with Gasteiger partial charge in [0.05, 0.1) is 6.42 Å². The van der Waals surface area contributed by atoms with Crippen LogP contribution < -0.4 is 5.32 Å². The molecular weight excluding hydrogens is 376 g/mol. The van der Waals surface area contributed by atoms with Crippen LogP contribution in [0.25, 0.3) is 10.9 Å². The van der Waals surface area contributed by atoms with Crippen LogP contribution in [0.4, 0.5) is 5.13 Å².